The molecular formula is C25H26F2N4O2. The van der Waals surface area contributed by atoms with Crippen LogP contribution in [0.15, 0.2) is 58.4 Å². The van der Waals surface area contributed by atoms with Crippen molar-refractivity contribution in [1.29, 1.82) is 0 Å². The number of rotatable bonds is 4. The highest BCUT2D eigenvalue weighted by molar-refractivity contribution is 5.72. The molecule has 4 aromatic rings. The SMILES string of the molecule is CC(C)n1c(=O)c2c(ncn2Cc2ccc(C(C)(C)C)cc2)n(-c2ccc(F)c(F)c2)c1=O. The second-order valence-corrected chi connectivity index (χ2v) is 9.48. The smallest absolute Gasteiger partial charge is 0.320 e. The van der Waals surface area contributed by atoms with Gasteiger partial charge in [-0.2, -0.15) is 0 Å². The van der Waals surface area contributed by atoms with E-state index in [9.17, 15) is 18.4 Å². The first-order valence-corrected chi connectivity index (χ1v) is 10.8. The van der Waals surface area contributed by atoms with Gasteiger partial charge in [0, 0.05) is 18.7 Å². The molecule has 0 spiro atoms. The molecular weight excluding hydrogens is 426 g/mol. The maximum atomic E-state index is 14.0. The van der Waals surface area contributed by atoms with E-state index in [0.29, 0.717) is 6.54 Å². The quantitative estimate of drug-likeness (QED) is 0.456. The monoisotopic (exact) mass is 452 g/mol. The minimum absolute atomic E-state index is 0.0196. The van der Waals surface area contributed by atoms with Crippen LogP contribution in [-0.2, 0) is 12.0 Å². The molecule has 33 heavy (non-hydrogen) atoms. The summed E-state index contributed by atoms with van der Waals surface area (Å²) in [5, 5.41) is 0. The first-order valence-electron chi connectivity index (χ1n) is 10.8. The Hall–Kier alpha value is -3.55. The van der Waals surface area contributed by atoms with E-state index < -0.39 is 28.9 Å². The van der Waals surface area contributed by atoms with Crippen LogP contribution in [0.4, 0.5) is 8.78 Å². The largest absolute Gasteiger partial charge is 0.337 e. The Kier molecular flexibility index (Phi) is 5.56. The average molecular weight is 453 g/mol. The maximum Gasteiger partial charge on any atom is 0.337 e. The molecule has 0 aliphatic heterocycles. The van der Waals surface area contributed by atoms with Crippen LogP contribution in [0.25, 0.3) is 16.9 Å². The fourth-order valence-electron chi connectivity index (χ4n) is 3.89. The third-order valence-corrected chi connectivity index (χ3v) is 5.70. The fraction of sp³-hybridized carbons (Fsp3) is 0.320. The Bertz CT molecular complexity index is 1460. The van der Waals surface area contributed by atoms with E-state index in [0.717, 1.165) is 26.8 Å². The lowest BCUT2D eigenvalue weighted by molar-refractivity contribution is 0.506. The van der Waals surface area contributed by atoms with Crippen LogP contribution in [0.5, 0.6) is 0 Å². The molecule has 0 unspecified atom stereocenters. The minimum Gasteiger partial charge on any atom is -0.320 e. The Morgan fingerprint density at radius 1 is 0.970 bits per heavy atom. The van der Waals surface area contributed by atoms with Crippen molar-refractivity contribution < 1.29 is 8.78 Å². The highest BCUT2D eigenvalue weighted by Gasteiger charge is 2.21. The molecule has 172 valence electrons. The van der Waals surface area contributed by atoms with Gasteiger partial charge < -0.3 is 4.57 Å². The average Bonchev–Trinajstić information content (AvgIpc) is 3.13. The predicted octanol–water partition coefficient (Wildman–Crippen LogP) is 4.55. The molecule has 0 aliphatic rings. The summed E-state index contributed by atoms with van der Waals surface area (Å²) >= 11 is 0. The van der Waals surface area contributed by atoms with Crippen molar-refractivity contribution in [2.24, 2.45) is 0 Å². The number of aromatic nitrogens is 4. The molecule has 0 N–H and O–H groups in total. The van der Waals surface area contributed by atoms with E-state index in [4.69, 9.17) is 0 Å². The molecule has 2 aromatic heterocycles. The van der Waals surface area contributed by atoms with Gasteiger partial charge in [-0.05, 0) is 42.5 Å². The highest BCUT2D eigenvalue weighted by atomic mass is 19.2. The number of halogens is 2. The van der Waals surface area contributed by atoms with E-state index in [-0.39, 0.29) is 22.3 Å². The molecule has 0 bridgehead atoms. The number of hydrogen-bond donors (Lipinski definition) is 0. The minimum atomic E-state index is -1.09. The molecule has 0 saturated heterocycles. The molecule has 0 amide bonds. The van der Waals surface area contributed by atoms with Gasteiger partial charge in [-0.3, -0.25) is 9.36 Å². The topological polar surface area (TPSA) is 61.8 Å². The van der Waals surface area contributed by atoms with Crippen LogP contribution in [0.2, 0.25) is 0 Å². The summed E-state index contributed by atoms with van der Waals surface area (Å²) in [5.74, 6) is -2.11. The van der Waals surface area contributed by atoms with E-state index >= 15 is 0 Å². The normalized spacial score (nSPS) is 12.1. The van der Waals surface area contributed by atoms with Gasteiger partial charge in [0.05, 0.1) is 12.0 Å². The van der Waals surface area contributed by atoms with E-state index in [1.165, 1.54) is 18.0 Å². The lowest BCUT2D eigenvalue weighted by Crippen LogP contribution is -2.41. The van der Waals surface area contributed by atoms with Gasteiger partial charge in [0.2, 0.25) is 0 Å². The summed E-state index contributed by atoms with van der Waals surface area (Å²) in [4.78, 5) is 30.8. The highest BCUT2D eigenvalue weighted by Crippen LogP contribution is 2.23. The van der Waals surface area contributed by atoms with Gasteiger partial charge in [-0.25, -0.2) is 23.1 Å². The predicted molar refractivity (Wildman–Crippen MR) is 124 cm³/mol. The number of hydrogen-bond acceptors (Lipinski definition) is 3. The molecule has 0 aliphatic carbocycles. The van der Waals surface area contributed by atoms with Gasteiger partial charge in [0.15, 0.2) is 22.8 Å². The van der Waals surface area contributed by atoms with E-state index in [1.54, 1.807) is 18.4 Å². The van der Waals surface area contributed by atoms with Crippen molar-refractivity contribution in [3.63, 3.8) is 0 Å². The molecule has 4 rings (SSSR count). The zero-order valence-electron chi connectivity index (χ0n) is 19.3. The molecule has 0 radical (unpaired) electrons. The van der Waals surface area contributed by atoms with Crippen LogP contribution in [0.3, 0.4) is 0 Å². The van der Waals surface area contributed by atoms with Crippen molar-refractivity contribution in [2.75, 3.05) is 0 Å². The summed E-state index contributed by atoms with van der Waals surface area (Å²) in [5.41, 5.74) is 1.44. The second kappa shape index (κ2) is 8.10. The van der Waals surface area contributed by atoms with Crippen LogP contribution in [-0.4, -0.2) is 18.7 Å². The van der Waals surface area contributed by atoms with Gasteiger partial charge in [0.1, 0.15) is 0 Å². The van der Waals surface area contributed by atoms with Crippen molar-refractivity contribution in [1.82, 2.24) is 18.7 Å². The van der Waals surface area contributed by atoms with E-state index in [1.807, 2.05) is 12.1 Å². The third kappa shape index (κ3) is 4.01. The summed E-state index contributed by atoms with van der Waals surface area (Å²) in [6.45, 7) is 10.2. The molecule has 2 aromatic carbocycles. The molecule has 0 fully saturated rings. The lowest BCUT2D eigenvalue weighted by atomic mass is 9.87. The number of nitrogens with zero attached hydrogens (tertiary/aromatic N) is 4. The molecule has 2 heterocycles. The standard InChI is InChI=1S/C25H26F2N4O2/c1-15(2)30-23(32)21-22(31(24(30)33)18-10-11-19(26)20(27)12-18)28-14-29(21)13-16-6-8-17(9-7-16)25(3,4)5/h6-12,14-15H,13H2,1-5H3. The Morgan fingerprint density at radius 3 is 2.21 bits per heavy atom. The molecule has 0 saturated carbocycles. The van der Waals surface area contributed by atoms with E-state index in [2.05, 4.69) is 37.9 Å². The van der Waals surface area contributed by atoms with Crippen LogP contribution < -0.4 is 11.2 Å². The first kappa shape index (κ1) is 22.6. The van der Waals surface area contributed by atoms with Gasteiger partial charge >= 0.3 is 5.69 Å². The Morgan fingerprint density at radius 2 is 1.64 bits per heavy atom. The van der Waals surface area contributed by atoms with Crippen LogP contribution >= 0.6 is 0 Å². The van der Waals surface area contributed by atoms with Gasteiger partial charge in [-0.15, -0.1) is 0 Å². The molecule has 8 heteroatoms. The number of benzene rings is 2. The van der Waals surface area contributed by atoms with Crippen molar-refractivity contribution in [2.45, 2.75) is 52.6 Å². The van der Waals surface area contributed by atoms with Gasteiger partial charge in [-0.1, -0.05) is 45.0 Å². The lowest BCUT2D eigenvalue weighted by Gasteiger charge is -2.19. The summed E-state index contributed by atoms with van der Waals surface area (Å²) in [7, 11) is 0. The fourth-order valence-corrected chi connectivity index (χ4v) is 3.89. The molecule has 0 atom stereocenters. The number of imidazole rings is 1. The van der Waals surface area contributed by atoms with Crippen LogP contribution in [0, 0.1) is 11.6 Å². The first-order chi connectivity index (χ1) is 15.5. The Balaban J connectivity index is 1.92. The van der Waals surface area contributed by atoms with Crippen molar-refractivity contribution in [3.05, 3.63) is 92.4 Å². The van der Waals surface area contributed by atoms with Crippen molar-refractivity contribution in [3.8, 4) is 5.69 Å². The molecule has 6 nitrogen and oxygen atoms in total. The summed E-state index contributed by atoms with van der Waals surface area (Å²) < 4.78 is 31.4. The summed E-state index contributed by atoms with van der Waals surface area (Å²) in [6.07, 6.45) is 1.49. The van der Waals surface area contributed by atoms with Crippen molar-refractivity contribution >= 4 is 11.2 Å². The Labute approximate surface area is 189 Å². The third-order valence-electron chi connectivity index (χ3n) is 5.70. The number of fused-ring (bicyclic) bond motifs is 1. The zero-order chi connectivity index (χ0) is 24.1. The maximum absolute atomic E-state index is 14.0. The van der Waals surface area contributed by atoms with Gasteiger partial charge in [0.25, 0.3) is 5.56 Å². The second-order valence-electron chi connectivity index (χ2n) is 9.48. The van der Waals surface area contributed by atoms with Crippen LogP contribution in [0.1, 0.15) is 51.8 Å². The zero-order valence-corrected chi connectivity index (χ0v) is 19.3. The summed E-state index contributed by atoms with van der Waals surface area (Å²) in [6, 6.07) is 10.8.